The number of nitrogens with one attached hydrogen (secondary N) is 2. The Bertz CT molecular complexity index is 1320. The molecule has 0 radical (unpaired) electrons. The predicted molar refractivity (Wildman–Crippen MR) is 157 cm³/mol. The third-order valence-corrected chi connectivity index (χ3v) is 7.02. The zero-order valence-corrected chi connectivity index (χ0v) is 23.0. The summed E-state index contributed by atoms with van der Waals surface area (Å²) in [4.78, 5) is 17.4. The number of aromatic nitrogens is 1. The van der Waals surface area contributed by atoms with Gasteiger partial charge in [0.05, 0.1) is 17.1 Å². The summed E-state index contributed by atoms with van der Waals surface area (Å²) >= 11 is 1.42. The van der Waals surface area contributed by atoms with E-state index in [9.17, 15) is 13.4 Å². The number of hydrogen-bond donors (Lipinski definition) is 2. The van der Waals surface area contributed by atoms with Gasteiger partial charge in [-0.1, -0.05) is 26.3 Å². The van der Waals surface area contributed by atoms with E-state index in [2.05, 4.69) is 29.5 Å². The number of nitrogens with zero attached hydrogens (tertiary/aromatic N) is 2. The monoisotopic (exact) mass is 550 g/mol. The molecular weight excluding hydrogens is 517 g/mol. The first-order valence-electron chi connectivity index (χ1n) is 13.2. The van der Waals surface area contributed by atoms with Gasteiger partial charge >= 0.3 is 7.40 Å². The number of ether oxygens (including phenoxy) is 1. The number of hydrogen-bond acceptors (Lipinski definition) is 5. The fourth-order valence-corrected chi connectivity index (χ4v) is 4.91. The topological polar surface area (TPSA) is 67.7 Å². The van der Waals surface area contributed by atoms with Gasteiger partial charge in [0, 0.05) is 28.7 Å². The highest BCUT2D eigenvalue weighted by Gasteiger charge is 2.24. The lowest BCUT2D eigenvalue weighted by atomic mass is 10.1. The van der Waals surface area contributed by atoms with Crippen LogP contribution >= 0.6 is 11.3 Å². The van der Waals surface area contributed by atoms with Crippen molar-refractivity contribution in [2.75, 3.05) is 19.7 Å². The van der Waals surface area contributed by atoms with Gasteiger partial charge < -0.3 is 19.8 Å². The maximum Gasteiger partial charge on any atom is 0.678 e. The van der Waals surface area contributed by atoms with E-state index in [1.54, 1.807) is 36.4 Å². The summed E-state index contributed by atoms with van der Waals surface area (Å²) in [5, 5.41) is 8.14. The number of unbranched alkanes of at least 4 members (excludes halogenated alkanes) is 2. The van der Waals surface area contributed by atoms with E-state index < -0.39 is 7.40 Å². The first kappa shape index (κ1) is 28.5. The third-order valence-electron chi connectivity index (χ3n) is 6.12. The molecule has 0 atom stereocenters. The lowest BCUT2D eigenvalue weighted by Crippen LogP contribution is -2.29. The first-order chi connectivity index (χ1) is 18.9. The molecule has 0 bridgehead atoms. The van der Waals surface area contributed by atoms with E-state index in [1.165, 1.54) is 11.3 Å². The van der Waals surface area contributed by atoms with Gasteiger partial charge in [-0.2, -0.15) is 0 Å². The number of amides is 1. The van der Waals surface area contributed by atoms with Crippen LogP contribution in [-0.2, 0) is 4.79 Å². The summed E-state index contributed by atoms with van der Waals surface area (Å²) in [5.74, 6) is 0.441. The maximum atomic E-state index is 13.9. The van der Waals surface area contributed by atoms with Crippen LogP contribution in [0, 0.1) is 0 Å². The second-order valence-electron chi connectivity index (χ2n) is 9.50. The van der Waals surface area contributed by atoms with Gasteiger partial charge in [0.1, 0.15) is 5.75 Å². The molecule has 0 aliphatic carbocycles. The van der Waals surface area contributed by atoms with Gasteiger partial charge in [0.15, 0.2) is 6.61 Å². The molecule has 39 heavy (non-hydrogen) atoms. The van der Waals surface area contributed by atoms with Gasteiger partial charge in [-0.05, 0) is 85.5 Å². The standard InChI is InChI=1S/C29H33BF2N4O2S/c1-21(2)33-16-4-3-5-17-34-29(37)20-38-25-12-8-22(9-13-25)26-14-10-23(35-26)19-24-11-15-27(36(24)30(31)32)28-7-6-18-39-28/h6-15,18-19,21,33H,3-5,16-17,20H2,1-2H3,(H,34,37)/b23-19-. The Hall–Kier alpha value is -3.50. The number of allylic oxidation sites excluding steroid dienone is 2. The number of benzene rings is 1. The van der Waals surface area contributed by atoms with Crippen LogP contribution < -0.4 is 15.4 Å². The summed E-state index contributed by atoms with van der Waals surface area (Å²) in [6, 6.07) is 14.9. The normalized spacial score (nSPS) is 13.8. The summed E-state index contributed by atoms with van der Waals surface area (Å²) in [6.45, 7) is 5.85. The second-order valence-corrected chi connectivity index (χ2v) is 10.4. The zero-order valence-electron chi connectivity index (χ0n) is 22.2. The van der Waals surface area contributed by atoms with Crippen molar-refractivity contribution < 1.29 is 18.2 Å². The van der Waals surface area contributed by atoms with Crippen LogP contribution in [0.15, 0.2) is 76.8 Å². The van der Waals surface area contributed by atoms with Gasteiger partial charge in [0.2, 0.25) is 0 Å². The summed E-state index contributed by atoms with van der Waals surface area (Å²) in [6.07, 6.45) is 8.41. The molecule has 1 aliphatic rings. The number of carbonyl (C=O) groups excluding carboxylic acids is 1. The minimum Gasteiger partial charge on any atom is -0.484 e. The van der Waals surface area contributed by atoms with Crippen molar-refractivity contribution in [2.45, 2.75) is 39.2 Å². The van der Waals surface area contributed by atoms with E-state index >= 15 is 0 Å². The van der Waals surface area contributed by atoms with Gasteiger partial charge in [0.25, 0.3) is 5.91 Å². The van der Waals surface area contributed by atoms with Gasteiger partial charge in [-0.25, -0.2) is 4.99 Å². The highest BCUT2D eigenvalue weighted by Crippen LogP contribution is 2.29. The Morgan fingerprint density at radius 1 is 1.08 bits per heavy atom. The molecule has 3 heterocycles. The molecule has 0 saturated carbocycles. The predicted octanol–water partition coefficient (Wildman–Crippen LogP) is 6.05. The molecule has 0 saturated heterocycles. The van der Waals surface area contributed by atoms with Crippen molar-refractivity contribution in [3.05, 3.63) is 83.0 Å². The van der Waals surface area contributed by atoms with Gasteiger partial charge in [-0.3, -0.25) is 13.4 Å². The fourth-order valence-electron chi connectivity index (χ4n) is 4.16. The van der Waals surface area contributed by atoms with E-state index in [0.717, 1.165) is 46.4 Å². The molecule has 0 fully saturated rings. The molecule has 2 N–H and O–H groups in total. The lowest BCUT2D eigenvalue weighted by molar-refractivity contribution is -0.123. The number of aliphatic imine (C=N–C) groups is 1. The average molecular weight is 550 g/mol. The molecule has 0 unspecified atom stereocenters. The Balaban J connectivity index is 1.27. The smallest absolute Gasteiger partial charge is 0.484 e. The van der Waals surface area contributed by atoms with E-state index in [4.69, 9.17) is 4.74 Å². The Kier molecular flexibility index (Phi) is 10.3. The Labute approximate surface area is 232 Å². The molecule has 204 valence electrons. The third kappa shape index (κ3) is 8.24. The van der Waals surface area contributed by atoms with E-state index in [1.807, 2.05) is 35.7 Å². The van der Waals surface area contributed by atoms with Crippen LogP contribution in [0.25, 0.3) is 16.6 Å². The molecule has 1 aromatic carbocycles. The molecule has 1 aliphatic heterocycles. The molecule has 6 nitrogen and oxygen atoms in total. The Morgan fingerprint density at radius 2 is 1.87 bits per heavy atom. The van der Waals surface area contributed by atoms with E-state index in [0.29, 0.717) is 35.4 Å². The quantitative estimate of drug-likeness (QED) is 0.190. The highest BCUT2D eigenvalue weighted by molar-refractivity contribution is 7.13. The summed E-state index contributed by atoms with van der Waals surface area (Å²) < 4.78 is 34.4. The summed E-state index contributed by atoms with van der Waals surface area (Å²) in [7, 11) is -2.66. The molecule has 3 aromatic rings. The van der Waals surface area contributed by atoms with Crippen molar-refractivity contribution >= 4 is 36.4 Å². The molecule has 4 rings (SSSR count). The maximum absolute atomic E-state index is 13.9. The van der Waals surface area contributed by atoms with Crippen LogP contribution in [0.5, 0.6) is 5.75 Å². The molecule has 10 heteroatoms. The summed E-state index contributed by atoms with van der Waals surface area (Å²) in [5.41, 5.74) is 3.06. The number of carbonyl (C=O) groups is 1. The average Bonchev–Trinajstić information content (AvgIpc) is 3.68. The van der Waals surface area contributed by atoms with Crippen molar-refractivity contribution in [3.63, 3.8) is 0 Å². The SMILES string of the molecule is CC(C)NCCCCCNC(=O)COc1ccc(C2=N/C(=C\c3ccc(-c4cccs4)n3B(F)F)C=C2)cc1. The van der Waals surface area contributed by atoms with E-state index in [-0.39, 0.29) is 12.5 Å². The molecule has 1 amide bonds. The molecular formula is C29H33BF2N4O2S. The van der Waals surface area contributed by atoms with Crippen molar-refractivity contribution in [1.82, 2.24) is 15.1 Å². The Morgan fingerprint density at radius 3 is 2.59 bits per heavy atom. The fraction of sp³-hybridized carbons (Fsp3) is 0.310. The van der Waals surface area contributed by atoms with Crippen LogP contribution in [0.1, 0.15) is 44.4 Å². The molecule has 2 aromatic heterocycles. The lowest BCUT2D eigenvalue weighted by Gasteiger charge is -2.09. The second kappa shape index (κ2) is 14.1. The van der Waals surface area contributed by atoms with Crippen LogP contribution in [0.2, 0.25) is 0 Å². The van der Waals surface area contributed by atoms with Crippen molar-refractivity contribution in [2.24, 2.45) is 4.99 Å². The highest BCUT2D eigenvalue weighted by atomic mass is 32.1. The van der Waals surface area contributed by atoms with Crippen LogP contribution in [0.3, 0.4) is 0 Å². The minimum absolute atomic E-state index is 0.0424. The number of thiophene rings is 1. The first-order valence-corrected chi connectivity index (χ1v) is 14.0. The van der Waals surface area contributed by atoms with Crippen molar-refractivity contribution in [1.29, 1.82) is 0 Å². The van der Waals surface area contributed by atoms with Crippen LogP contribution in [0.4, 0.5) is 8.63 Å². The van der Waals surface area contributed by atoms with Gasteiger partial charge in [-0.15, -0.1) is 11.3 Å². The van der Waals surface area contributed by atoms with Crippen molar-refractivity contribution in [3.8, 4) is 16.3 Å². The van der Waals surface area contributed by atoms with Crippen LogP contribution in [-0.4, -0.2) is 49.2 Å². The number of halogens is 2. The zero-order chi connectivity index (χ0) is 27.6. The largest absolute Gasteiger partial charge is 0.678 e. The molecule has 0 spiro atoms. The minimum atomic E-state index is -2.66. The number of rotatable bonds is 14.